The van der Waals surface area contributed by atoms with Crippen LogP contribution in [0.5, 0.6) is 0 Å². The zero-order valence-electron chi connectivity index (χ0n) is 10.6. The third kappa shape index (κ3) is 3.75. The van der Waals surface area contributed by atoms with Crippen molar-refractivity contribution in [2.24, 2.45) is 5.92 Å². The number of nitro groups is 1. The molecule has 1 fully saturated rings. The number of hydrogen-bond donors (Lipinski definition) is 1. The fourth-order valence-electron chi connectivity index (χ4n) is 2.56. The summed E-state index contributed by atoms with van der Waals surface area (Å²) in [7, 11) is 0. The molecule has 0 saturated carbocycles. The van der Waals surface area contributed by atoms with Gasteiger partial charge in [0.1, 0.15) is 0 Å². The molecule has 0 spiro atoms. The second-order valence-electron chi connectivity index (χ2n) is 4.93. The van der Waals surface area contributed by atoms with Gasteiger partial charge < -0.3 is 5.11 Å². The highest BCUT2D eigenvalue weighted by Crippen LogP contribution is 2.27. The summed E-state index contributed by atoms with van der Waals surface area (Å²) in [5, 5.41) is 20.0. The van der Waals surface area contributed by atoms with E-state index >= 15 is 0 Å². The third-order valence-electron chi connectivity index (χ3n) is 3.55. The van der Waals surface area contributed by atoms with Gasteiger partial charge in [-0.2, -0.15) is 0 Å². The molecule has 0 aromatic heterocycles. The van der Waals surface area contributed by atoms with Crippen molar-refractivity contribution < 1.29 is 10.0 Å². The average molecular weight is 329 g/mol. The van der Waals surface area contributed by atoms with Crippen LogP contribution in [0.1, 0.15) is 18.4 Å². The van der Waals surface area contributed by atoms with E-state index in [-0.39, 0.29) is 17.2 Å². The minimum Gasteiger partial charge on any atom is -0.396 e. The van der Waals surface area contributed by atoms with Gasteiger partial charge in [-0.1, -0.05) is 15.9 Å². The molecule has 1 N–H and O–H groups in total. The molecule has 104 valence electrons. The molecule has 2 rings (SSSR count). The summed E-state index contributed by atoms with van der Waals surface area (Å²) in [6, 6.07) is 5.20. The summed E-state index contributed by atoms with van der Waals surface area (Å²) in [6.45, 7) is 2.67. The maximum absolute atomic E-state index is 11.0. The van der Waals surface area contributed by atoms with Crippen molar-refractivity contribution in [3.63, 3.8) is 0 Å². The summed E-state index contributed by atoms with van der Waals surface area (Å²) < 4.78 is 0.725. The molecular weight excluding hydrogens is 312 g/mol. The molecule has 0 bridgehead atoms. The second-order valence-corrected chi connectivity index (χ2v) is 5.85. The Morgan fingerprint density at radius 2 is 2.32 bits per heavy atom. The molecule has 0 amide bonds. The molecular formula is C13H17BrN2O3. The number of halogens is 1. The smallest absolute Gasteiger partial charge is 0.275 e. The van der Waals surface area contributed by atoms with E-state index in [1.807, 2.05) is 12.1 Å². The van der Waals surface area contributed by atoms with Crippen LogP contribution in [0.4, 0.5) is 5.69 Å². The van der Waals surface area contributed by atoms with Crippen molar-refractivity contribution in [1.29, 1.82) is 0 Å². The van der Waals surface area contributed by atoms with Crippen LogP contribution in [0, 0.1) is 16.0 Å². The standard InChI is InChI=1S/C13H17BrN2O3/c14-12-2-1-11(13(7-12)16(18)19)9-15-5-3-10(8-15)4-6-17/h1-2,7,10,17H,3-6,8-9H2. The lowest BCUT2D eigenvalue weighted by Crippen LogP contribution is -2.21. The highest BCUT2D eigenvalue weighted by molar-refractivity contribution is 9.10. The number of nitrogens with zero attached hydrogens (tertiary/aromatic N) is 2. The molecule has 1 aliphatic rings. The lowest BCUT2D eigenvalue weighted by atomic mass is 10.1. The molecule has 1 aromatic rings. The van der Waals surface area contributed by atoms with Crippen molar-refractivity contribution in [3.8, 4) is 0 Å². The number of likely N-dealkylation sites (tertiary alicyclic amines) is 1. The van der Waals surface area contributed by atoms with Crippen molar-refractivity contribution in [2.45, 2.75) is 19.4 Å². The molecule has 1 unspecified atom stereocenters. The van der Waals surface area contributed by atoms with E-state index in [1.54, 1.807) is 6.07 Å². The van der Waals surface area contributed by atoms with Gasteiger partial charge in [0.15, 0.2) is 0 Å². The van der Waals surface area contributed by atoms with Crippen LogP contribution >= 0.6 is 15.9 Å². The van der Waals surface area contributed by atoms with Crippen LogP contribution in [-0.4, -0.2) is 34.6 Å². The zero-order valence-corrected chi connectivity index (χ0v) is 12.2. The average Bonchev–Trinajstić information content (AvgIpc) is 2.79. The fraction of sp³-hybridized carbons (Fsp3) is 0.538. The Morgan fingerprint density at radius 3 is 3.00 bits per heavy atom. The van der Waals surface area contributed by atoms with Crippen LogP contribution in [0.15, 0.2) is 22.7 Å². The molecule has 0 radical (unpaired) electrons. The summed E-state index contributed by atoms with van der Waals surface area (Å²) >= 11 is 3.26. The van der Waals surface area contributed by atoms with E-state index in [0.717, 1.165) is 36.0 Å². The van der Waals surface area contributed by atoms with E-state index in [9.17, 15) is 10.1 Å². The number of aliphatic hydroxyl groups is 1. The van der Waals surface area contributed by atoms with Crippen molar-refractivity contribution in [1.82, 2.24) is 4.90 Å². The van der Waals surface area contributed by atoms with Gasteiger partial charge in [0, 0.05) is 35.8 Å². The fourth-order valence-corrected chi connectivity index (χ4v) is 2.91. The minimum absolute atomic E-state index is 0.167. The number of rotatable bonds is 5. The minimum atomic E-state index is -0.332. The second kappa shape index (κ2) is 6.45. The van der Waals surface area contributed by atoms with Crippen LogP contribution in [0.2, 0.25) is 0 Å². The first-order valence-corrected chi connectivity index (χ1v) is 7.15. The van der Waals surface area contributed by atoms with E-state index in [4.69, 9.17) is 5.11 Å². The summed E-state index contributed by atoms with van der Waals surface area (Å²) in [6.07, 6.45) is 1.88. The Kier molecular flexibility index (Phi) is 4.90. The predicted molar refractivity (Wildman–Crippen MR) is 75.9 cm³/mol. The number of benzene rings is 1. The Bertz CT molecular complexity index is 467. The number of hydrogen-bond acceptors (Lipinski definition) is 4. The van der Waals surface area contributed by atoms with Crippen LogP contribution in [-0.2, 0) is 6.54 Å². The molecule has 1 atom stereocenters. The van der Waals surface area contributed by atoms with Gasteiger partial charge in [-0.3, -0.25) is 15.0 Å². The largest absolute Gasteiger partial charge is 0.396 e. The van der Waals surface area contributed by atoms with Crippen molar-refractivity contribution in [2.75, 3.05) is 19.7 Å². The predicted octanol–water partition coefficient (Wildman–Crippen LogP) is 2.56. The van der Waals surface area contributed by atoms with Crippen LogP contribution < -0.4 is 0 Å². The highest BCUT2D eigenvalue weighted by atomic mass is 79.9. The topological polar surface area (TPSA) is 66.6 Å². The summed E-state index contributed by atoms with van der Waals surface area (Å²) in [5.74, 6) is 0.513. The summed E-state index contributed by atoms with van der Waals surface area (Å²) in [5.41, 5.74) is 0.915. The van der Waals surface area contributed by atoms with Gasteiger partial charge >= 0.3 is 0 Å². The molecule has 1 aromatic carbocycles. The SMILES string of the molecule is O=[N+]([O-])c1cc(Br)ccc1CN1CCC(CCO)C1. The lowest BCUT2D eigenvalue weighted by molar-refractivity contribution is -0.385. The lowest BCUT2D eigenvalue weighted by Gasteiger charge is -2.16. The first-order chi connectivity index (χ1) is 9.10. The van der Waals surface area contributed by atoms with Gasteiger partial charge in [0.2, 0.25) is 0 Å². The molecule has 6 heteroatoms. The van der Waals surface area contributed by atoms with E-state index in [0.29, 0.717) is 12.5 Å². The number of nitro benzene ring substituents is 1. The normalized spacial score (nSPS) is 19.8. The van der Waals surface area contributed by atoms with Crippen LogP contribution in [0.3, 0.4) is 0 Å². The van der Waals surface area contributed by atoms with Gasteiger partial charge in [0.25, 0.3) is 5.69 Å². The van der Waals surface area contributed by atoms with E-state index in [1.165, 1.54) is 0 Å². The Labute approximate surface area is 120 Å². The first-order valence-electron chi connectivity index (χ1n) is 6.36. The first kappa shape index (κ1) is 14.4. The molecule has 1 heterocycles. The monoisotopic (exact) mass is 328 g/mol. The number of aliphatic hydroxyl groups excluding tert-OH is 1. The van der Waals surface area contributed by atoms with Crippen molar-refractivity contribution >= 4 is 21.6 Å². The quantitative estimate of drug-likeness (QED) is 0.666. The van der Waals surface area contributed by atoms with Crippen molar-refractivity contribution in [3.05, 3.63) is 38.3 Å². The Morgan fingerprint density at radius 1 is 1.53 bits per heavy atom. The molecule has 1 saturated heterocycles. The highest BCUT2D eigenvalue weighted by Gasteiger charge is 2.24. The zero-order chi connectivity index (χ0) is 13.8. The van der Waals surface area contributed by atoms with Gasteiger partial charge in [-0.15, -0.1) is 0 Å². The molecule has 5 nitrogen and oxygen atoms in total. The maximum atomic E-state index is 11.0. The van der Waals surface area contributed by atoms with Gasteiger partial charge in [-0.25, -0.2) is 0 Å². The van der Waals surface area contributed by atoms with Gasteiger partial charge in [-0.05, 0) is 37.4 Å². The molecule has 19 heavy (non-hydrogen) atoms. The Balaban J connectivity index is 2.05. The third-order valence-corrected chi connectivity index (χ3v) is 4.04. The molecule has 0 aliphatic carbocycles. The van der Waals surface area contributed by atoms with Gasteiger partial charge in [0.05, 0.1) is 4.92 Å². The maximum Gasteiger partial charge on any atom is 0.275 e. The summed E-state index contributed by atoms with van der Waals surface area (Å²) in [4.78, 5) is 12.9. The van der Waals surface area contributed by atoms with Crippen LogP contribution in [0.25, 0.3) is 0 Å². The van der Waals surface area contributed by atoms with E-state index < -0.39 is 0 Å². The molecule has 1 aliphatic heterocycles. The van der Waals surface area contributed by atoms with E-state index in [2.05, 4.69) is 20.8 Å². The Hall–Kier alpha value is -0.980.